The SMILES string of the molecule is O=C(NN=Cc1ccc([N+](=O)[O-])cc1)C(=O)NN=Cc1ccc([N+](=O)[O-])cc1. The predicted molar refractivity (Wildman–Crippen MR) is 97.7 cm³/mol. The smallest absolute Gasteiger partial charge is 0.262 e. The Morgan fingerprint density at radius 1 is 0.714 bits per heavy atom. The summed E-state index contributed by atoms with van der Waals surface area (Å²) >= 11 is 0. The van der Waals surface area contributed by atoms with E-state index in [2.05, 4.69) is 10.2 Å². The van der Waals surface area contributed by atoms with Crippen LogP contribution in [0.3, 0.4) is 0 Å². The summed E-state index contributed by atoms with van der Waals surface area (Å²) in [5.74, 6) is -2.17. The number of nitrogens with one attached hydrogen (secondary N) is 2. The number of nitro groups is 2. The fourth-order valence-corrected chi connectivity index (χ4v) is 1.80. The van der Waals surface area contributed by atoms with E-state index in [9.17, 15) is 29.8 Å². The second-order valence-electron chi connectivity index (χ2n) is 5.10. The Balaban J connectivity index is 1.82. The van der Waals surface area contributed by atoms with E-state index < -0.39 is 21.7 Å². The van der Waals surface area contributed by atoms with Crippen LogP contribution >= 0.6 is 0 Å². The van der Waals surface area contributed by atoms with Gasteiger partial charge in [-0.05, 0) is 35.4 Å². The predicted octanol–water partition coefficient (Wildman–Crippen LogP) is 1.10. The number of carbonyl (C=O) groups excluding carboxylic acids is 2. The van der Waals surface area contributed by atoms with E-state index >= 15 is 0 Å². The molecule has 0 bridgehead atoms. The van der Waals surface area contributed by atoms with Gasteiger partial charge in [-0.25, -0.2) is 10.9 Å². The lowest BCUT2D eigenvalue weighted by Gasteiger charge is -1.98. The second-order valence-corrected chi connectivity index (χ2v) is 5.10. The van der Waals surface area contributed by atoms with Crippen molar-refractivity contribution in [3.8, 4) is 0 Å². The molecule has 0 unspecified atom stereocenters. The Kier molecular flexibility index (Phi) is 6.58. The normalized spacial score (nSPS) is 10.7. The fourth-order valence-electron chi connectivity index (χ4n) is 1.80. The molecule has 0 saturated heterocycles. The van der Waals surface area contributed by atoms with Crippen molar-refractivity contribution in [1.82, 2.24) is 10.9 Å². The molecule has 0 fully saturated rings. The second kappa shape index (κ2) is 9.28. The number of nitrogens with zero attached hydrogens (tertiary/aromatic N) is 4. The van der Waals surface area contributed by atoms with E-state index in [1.165, 1.54) is 61.0 Å². The largest absolute Gasteiger partial charge is 0.331 e. The molecule has 0 heterocycles. The summed E-state index contributed by atoms with van der Waals surface area (Å²) in [6, 6.07) is 10.7. The maximum absolute atomic E-state index is 11.6. The molecule has 2 amide bonds. The van der Waals surface area contributed by atoms with Crippen molar-refractivity contribution in [2.75, 3.05) is 0 Å². The Morgan fingerprint density at radius 2 is 1.04 bits per heavy atom. The molecule has 12 heteroatoms. The first kappa shape index (κ1) is 19.8. The summed E-state index contributed by atoms with van der Waals surface area (Å²) in [5.41, 5.74) is 4.71. The van der Waals surface area contributed by atoms with Crippen LogP contribution in [0.5, 0.6) is 0 Å². The average Bonchev–Trinajstić information content (AvgIpc) is 2.68. The number of non-ortho nitro benzene ring substituents is 2. The molecule has 0 radical (unpaired) electrons. The molecule has 0 aromatic heterocycles. The third-order valence-corrected chi connectivity index (χ3v) is 3.17. The van der Waals surface area contributed by atoms with E-state index in [0.717, 1.165) is 0 Å². The van der Waals surface area contributed by atoms with Gasteiger partial charge in [0.1, 0.15) is 0 Å². The number of amides is 2. The highest BCUT2D eigenvalue weighted by atomic mass is 16.6. The summed E-state index contributed by atoms with van der Waals surface area (Å²) in [5, 5.41) is 28.2. The van der Waals surface area contributed by atoms with Crippen molar-refractivity contribution >= 4 is 35.6 Å². The highest BCUT2D eigenvalue weighted by molar-refractivity contribution is 6.35. The van der Waals surface area contributed by atoms with Gasteiger partial charge in [-0.1, -0.05) is 0 Å². The molecular weight excluding hydrogens is 372 g/mol. The summed E-state index contributed by atoms with van der Waals surface area (Å²) in [6.45, 7) is 0. The highest BCUT2D eigenvalue weighted by Crippen LogP contribution is 2.11. The van der Waals surface area contributed by atoms with Crippen LogP contribution in [0.15, 0.2) is 58.7 Å². The molecule has 0 saturated carbocycles. The molecule has 12 nitrogen and oxygen atoms in total. The van der Waals surface area contributed by atoms with Crippen LogP contribution in [0.25, 0.3) is 0 Å². The maximum Gasteiger partial charge on any atom is 0.331 e. The Bertz CT molecular complexity index is 873. The van der Waals surface area contributed by atoms with Crippen molar-refractivity contribution in [1.29, 1.82) is 0 Å². The molecule has 2 aromatic carbocycles. The molecule has 0 spiro atoms. The molecule has 142 valence electrons. The van der Waals surface area contributed by atoms with Crippen molar-refractivity contribution < 1.29 is 19.4 Å². The lowest BCUT2D eigenvalue weighted by molar-refractivity contribution is -0.385. The lowest BCUT2D eigenvalue weighted by atomic mass is 10.2. The van der Waals surface area contributed by atoms with E-state index in [1.807, 2.05) is 10.9 Å². The van der Waals surface area contributed by atoms with Gasteiger partial charge < -0.3 is 0 Å². The fraction of sp³-hybridized carbons (Fsp3) is 0. The van der Waals surface area contributed by atoms with Gasteiger partial charge in [-0.2, -0.15) is 10.2 Å². The van der Waals surface area contributed by atoms with Gasteiger partial charge in [0.2, 0.25) is 0 Å². The van der Waals surface area contributed by atoms with Gasteiger partial charge in [-0.15, -0.1) is 0 Å². The maximum atomic E-state index is 11.6. The first-order valence-electron chi connectivity index (χ1n) is 7.52. The minimum Gasteiger partial charge on any atom is -0.262 e. The van der Waals surface area contributed by atoms with Gasteiger partial charge in [0.05, 0.1) is 22.3 Å². The minimum atomic E-state index is -1.08. The number of hydrazone groups is 2. The third kappa shape index (κ3) is 5.80. The van der Waals surface area contributed by atoms with Crippen LogP contribution in [-0.2, 0) is 9.59 Å². The van der Waals surface area contributed by atoms with Crippen molar-refractivity contribution in [2.24, 2.45) is 10.2 Å². The zero-order valence-corrected chi connectivity index (χ0v) is 14.0. The number of hydrogen-bond acceptors (Lipinski definition) is 8. The molecule has 0 aliphatic heterocycles. The Labute approximate surface area is 156 Å². The monoisotopic (exact) mass is 384 g/mol. The zero-order chi connectivity index (χ0) is 20.5. The van der Waals surface area contributed by atoms with E-state index in [4.69, 9.17) is 0 Å². The van der Waals surface area contributed by atoms with Gasteiger partial charge in [0.25, 0.3) is 11.4 Å². The van der Waals surface area contributed by atoms with E-state index in [-0.39, 0.29) is 11.4 Å². The molecule has 2 aromatic rings. The number of rotatable bonds is 6. The van der Waals surface area contributed by atoms with Crippen LogP contribution < -0.4 is 10.9 Å². The first-order chi connectivity index (χ1) is 13.4. The van der Waals surface area contributed by atoms with Gasteiger partial charge in [0, 0.05) is 24.3 Å². The van der Waals surface area contributed by atoms with Gasteiger partial charge >= 0.3 is 11.8 Å². The number of benzene rings is 2. The molecular formula is C16H12N6O6. The number of nitro benzene ring substituents is 2. The zero-order valence-electron chi connectivity index (χ0n) is 14.0. The summed E-state index contributed by atoms with van der Waals surface area (Å²) in [4.78, 5) is 43.1. The molecule has 0 aliphatic carbocycles. The number of hydrogen-bond donors (Lipinski definition) is 2. The van der Waals surface area contributed by atoms with Crippen molar-refractivity contribution in [3.63, 3.8) is 0 Å². The third-order valence-electron chi connectivity index (χ3n) is 3.17. The van der Waals surface area contributed by atoms with Crippen molar-refractivity contribution in [3.05, 3.63) is 79.9 Å². The Morgan fingerprint density at radius 3 is 1.32 bits per heavy atom. The van der Waals surface area contributed by atoms with Crippen LogP contribution in [-0.4, -0.2) is 34.1 Å². The first-order valence-corrected chi connectivity index (χ1v) is 7.52. The topological polar surface area (TPSA) is 169 Å². The van der Waals surface area contributed by atoms with Crippen LogP contribution in [0.2, 0.25) is 0 Å². The molecule has 0 aliphatic rings. The average molecular weight is 384 g/mol. The highest BCUT2D eigenvalue weighted by Gasteiger charge is 2.11. The molecule has 2 rings (SSSR count). The standard InChI is InChI=1S/C16H12N6O6/c23-15(19-17-9-11-1-5-13(6-2-11)21(25)26)16(24)20-18-10-12-3-7-14(8-4-12)22(27)28/h1-10H,(H,19,23)(H,20,24). The molecule has 0 atom stereocenters. The van der Waals surface area contributed by atoms with Crippen LogP contribution in [0.1, 0.15) is 11.1 Å². The lowest BCUT2D eigenvalue weighted by Crippen LogP contribution is -2.35. The van der Waals surface area contributed by atoms with Crippen LogP contribution in [0.4, 0.5) is 11.4 Å². The Hall–Kier alpha value is -4.48. The van der Waals surface area contributed by atoms with Crippen molar-refractivity contribution in [2.45, 2.75) is 0 Å². The van der Waals surface area contributed by atoms with E-state index in [1.54, 1.807) is 0 Å². The summed E-state index contributed by atoms with van der Waals surface area (Å²) < 4.78 is 0. The van der Waals surface area contributed by atoms with Gasteiger partial charge in [-0.3, -0.25) is 29.8 Å². The quantitative estimate of drug-likeness (QED) is 0.327. The van der Waals surface area contributed by atoms with Crippen LogP contribution in [0, 0.1) is 20.2 Å². The summed E-state index contributed by atoms with van der Waals surface area (Å²) in [7, 11) is 0. The van der Waals surface area contributed by atoms with E-state index in [0.29, 0.717) is 11.1 Å². The van der Waals surface area contributed by atoms with Gasteiger partial charge in [0.15, 0.2) is 0 Å². The molecule has 2 N–H and O–H groups in total. The minimum absolute atomic E-state index is 0.0913. The molecule has 28 heavy (non-hydrogen) atoms. The number of carbonyl (C=O) groups is 2. The summed E-state index contributed by atoms with van der Waals surface area (Å²) in [6.07, 6.45) is 2.41.